The lowest BCUT2D eigenvalue weighted by atomic mass is 10.3. The van der Waals surface area contributed by atoms with Crippen LogP contribution >= 0.6 is 15.9 Å². The summed E-state index contributed by atoms with van der Waals surface area (Å²) in [7, 11) is 0. The van der Waals surface area contributed by atoms with Gasteiger partial charge < -0.3 is 0 Å². The normalized spacial score (nSPS) is 10.7. The molecule has 0 aliphatic rings. The Morgan fingerprint density at radius 2 is 2.36 bits per heavy atom. The first-order valence-corrected chi connectivity index (χ1v) is 4.03. The number of halogens is 1. The molecule has 2 aromatic heterocycles. The zero-order chi connectivity index (χ0) is 7.84. The first-order valence-electron chi connectivity index (χ1n) is 3.23. The van der Waals surface area contributed by atoms with Gasteiger partial charge in [-0.3, -0.25) is 5.10 Å². The maximum Gasteiger partial charge on any atom is 0.156 e. The first kappa shape index (κ1) is 6.79. The van der Waals surface area contributed by atoms with E-state index in [0.29, 0.717) is 0 Å². The van der Waals surface area contributed by atoms with Gasteiger partial charge in [0.2, 0.25) is 0 Å². The second-order valence-electron chi connectivity index (χ2n) is 2.38. The number of hydrogen-bond acceptors (Lipinski definition) is 2. The molecule has 0 unspecified atom stereocenters. The highest BCUT2D eigenvalue weighted by Crippen LogP contribution is 2.20. The van der Waals surface area contributed by atoms with Gasteiger partial charge in [0.1, 0.15) is 0 Å². The molecule has 0 saturated carbocycles. The second-order valence-corrected chi connectivity index (χ2v) is 3.23. The monoisotopic (exact) mass is 211 g/mol. The number of aromatic amines is 1. The van der Waals surface area contributed by atoms with Crippen LogP contribution in [0.25, 0.3) is 11.0 Å². The summed E-state index contributed by atoms with van der Waals surface area (Å²) in [5.41, 5.74) is 1.81. The van der Waals surface area contributed by atoms with Crippen molar-refractivity contribution < 1.29 is 0 Å². The lowest BCUT2D eigenvalue weighted by Crippen LogP contribution is -1.82. The molecule has 0 fully saturated rings. The van der Waals surface area contributed by atoms with Crippen LogP contribution in [0.4, 0.5) is 0 Å². The summed E-state index contributed by atoms with van der Waals surface area (Å²) in [4.78, 5) is 4.25. The summed E-state index contributed by atoms with van der Waals surface area (Å²) in [6.07, 6.45) is 1.76. The van der Waals surface area contributed by atoms with E-state index in [1.807, 2.05) is 13.0 Å². The molecule has 0 aliphatic carbocycles. The van der Waals surface area contributed by atoms with E-state index in [0.717, 1.165) is 21.2 Å². The van der Waals surface area contributed by atoms with Crippen molar-refractivity contribution in [2.24, 2.45) is 0 Å². The molecule has 0 saturated heterocycles. The Kier molecular flexibility index (Phi) is 1.42. The van der Waals surface area contributed by atoms with Gasteiger partial charge in [-0.2, -0.15) is 5.10 Å². The van der Waals surface area contributed by atoms with Crippen LogP contribution in [0.5, 0.6) is 0 Å². The Morgan fingerprint density at radius 1 is 1.55 bits per heavy atom. The van der Waals surface area contributed by atoms with Gasteiger partial charge in [-0.25, -0.2) is 4.98 Å². The molecule has 11 heavy (non-hydrogen) atoms. The highest BCUT2D eigenvalue weighted by atomic mass is 79.9. The number of rotatable bonds is 0. The number of fused-ring (bicyclic) bond motifs is 1. The van der Waals surface area contributed by atoms with E-state index in [4.69, 9.17) is 0 Å². The first-order chi connectivity index (χ1) is 5.27. The zero-order valence-electron chi connectivity index (χ0n) is 5.93. The molecule has 0 aromatic carbocycles. The Labute approximate surface area is 72.0 Å². The van der Waals surface area contributed by atoms with Gasteiger partial charge in [0.05, 0.1) is 11.6 Å². The Balaban J connectivity index is 2.91. The minimum Gasteiger partial charge on any atom is -0.261 e. The van der Waals surface area contributed by atoms with Crippen molar-refractivity contribution in [3.8, 4) is 0 Å². The van der Waals surface area contributed by atoms with Gasteiger partial charge >= 0.3 is 0 Å². The third-order valence-corrected chi connectivity index (χ3v) is 2.16. The molecule has 0 radical (unpaired) electrons. The number of hydrogen-bond donors (Lipinski definition) is 1. The Bertz CT molecular complexity index is 393. The highest BCUT2D eigenvalue weighted by molar-refractivity contribution is 9.10. The molecule has 0 aliphatic heterocycles. The van der Waals surface area contributed by atoms with E-state index in [2.05, 4.69) is 31.1 Å². The van der Waals surface area contributed by atoms with Crippen LogP contribution in [-0.2, 0) is 0 Å². The van der Waals surface area contributed by atoms with E-state index in [-0.39, 0.29) is 0 Å². The topological polar surface area (TPSA) is 41.6 Å². The van der Waals surface area contributed by atoms with E-state index < -0.39 is 0 Å². The minimum atomic E-state index is 0.830. The predicted octanol–water partition coefficient (Wildman–Crippen LogP) is 2.03. The number of aromatic nitrogens is 3. The number of aryl methyl sites for hydroxylation is 1. The summed E-state index contributed by atoms with van der Waals surface area (Å²) in [5.74, 6) is 0. The van der Waals surface area contributed by atoms with Gasteiger partial charge in [-0.15, -0.1) is 0 Å². The predicted molar refractivity (Wildman–Crippen MR) is 46.3 cm³/mol. The molecule has 0 bridgehead atoms. The average molecular weight is 212 g/mol. The maximum atomic E-state index is 4.25. The van der Waals surface area contributed by atoms with Gasteiger partial charge in [-0.1, -0.05) is 0 Å². The number of nitrogens with one attached hydrogen (secondary N) is 1. The van der Waals surface area contributed by atoms with Crippen LogP contribution < -0.4 is 0 Å². The summed E-state index contributed by atoms with van der Waals surface area (Å²) < 4.78 is 1.04. The summed E-state index contributed by atoms with van der Waals surface area (Å²) >= 11 is 3.43. The smallest absolute Gasteiger partial charge is 0.156 e. The average Bonchev–Trinajstić information content (AvgIpc) is 2.34. The molecule has 2 heterocycles. The molecule has 0 atom stereocenters. The Morgan fingerprint density at radius 3 is 3.18 bits per heavy atom. The molecule has 0 spiro atoms. The van der Waals surface area contributed by atoms with E-state index in [9.17, 15) is 0 Å². The van der Waals surface area contributed by atoms with Crippen LogP contribution in [0.1, 0.15) is 5.69 Å². The maximum absolute atomic E-state index is 4.25. The fraction of sp³-hybridized carbons (Fsp3) is 0.143. The SMILES string of the molecule is Cc1cc(Br)c2cn[nH]c2n1. The standard InChI is InChI=1S/C7H6BrN3/c1-4-2-6(8)5-3-9-11-7(5)10-4/h2-3H,1H3,(H,9,10,11). The van der Waals surface area contributed by atoms with E-state index in [1.54, 1.807) is 6.20 Å². The van der Waals surface area contributed by atoms with Crippen molar-refractivity contribution in [2.45, 2.75) is 6.92 Å². The van der Waals surface area contributed by atoms with Gasteiger partial charge in [0, 0.05) is 10.2 Å². The summed E-state index contributed by atoms with van der Waals surface area (Å²) in [5, 5.41) is 7.72. The quantitative estimate of drug-likeness (QED) is 0.725. The van der Waals surface area contributed by atoms with Crippen molar-refractivity contribution in [3.63, 3.8) is 0 Å². The van der Waals surface area contributed by atoms with Crippen LogP contribution in [-0.4, -0.2) is 15.2 Å². The number of H-pyrrole nitrogens is 1. The van der Waals surface area contributed by atoms with E-state index >= 15 is 0 Å². The lowest BCUT2D eigenvalue weighted by molar-refractivity contribution is 1.09. The van der Waals surface area contributed by atoms with Crippen molar-refractivity contribution in [2.75, 3.05) is 0 Å². The van der Waals surface area contributed by atoms with Crippen molar-refractivity contribution >= 4 is 27.0 Å². The van der Waals surface area contributed by atoms with Gasteiger partial charge in [-0.05, 0) is 28.9 Å². The number of pyridine rings is 1. The summed E-state index contributed by atoms with van der Waals surface area (Å²) in [6.45, 7) is 1.95. The van der Waals surface area contributed by atoms with E-state index in [1.165, 1.54) is 0 Å². The highest BCUT2D eigenvalue weighted by Gasteiger charge is 2.01. The lowest BCUT2D eigenvalue weighted by Gasteiger charge is -1.93. The van der Waals surface area contributed by atoms with Crippen molar-refractivity contribution in [1.82, 2.24) is 15.2 Å². The molecule has 2 aromatic rings. The third kappa shape index (κ3) is 1.03. The largest absolute Gasteiger partial charge is 0.261 e. The molecule has 0 amide bonds. The minimum absolute atomic E-state index is 0.830. The molecule has 1 N–H and O–H groups in total. The second kappa shape index (κ2) is 2.30. The summed E-state index contributed by atoms with van der Waals surface area (Å²) in [6, 6.07) is 1.97. The Hall–Kier alpha value is -0.900. The molecule has 3 nitrogen and oxygen atoms in total. The molecule has 2 rings (SSSR count). The fourth-order valence-electron chi connectivity index (χ4n) is 1.01. The van der Waals surface area contributed by atoms with Gasteiger partial charge in [0.25, 0.3) is 0 Å². The molecule has 56 valence electrons. The zero-order valence-corrected chi connectivity index (χ0v) is 7.51. The third-order valence-electron chi connectivity index (χ3n) is 1.50. The van der Waals surface area contributed by atoms with Gasteiger partial charge in [0.15, 0.2) is 5.65 Å². The van der Waals surface area contributed by atoms with Crippen LogP contribution in [0.2, 0.25) is 0 Å². The van der Waals surface area contributed by atoms with Crippen LogP contribution in [0.15, 0.2) is 16.7 Å². The molecule has 4 heteroatoms. The number of nitrogens with zero attached hydrogens (tertiary/aromatic N) is 2. The fourth-order valence-corrected chi connectivity index (χ4v) is 1.63. The van der Waals surface area contributed by atoms with Crippen molar-refractivity contribution in [1.29, 1.82) is 0 Å². The molecular weight excluding hydrogens is 206 g/mol. The molecular formula is C7H6BrN3. The van der Waals surface area contributed by atoms with Crippen LogP contribution in [0, 0.1) is 6.92 Å². The van der Waals surface area contributed by atoms with Crippen LogP contribution in [0.3, 0.4) is 0 Å². The van der Waals surface area contributed by atoms with Crippen molar-refractivity contribution in [3.05, 3.63) is 22.4 Å².